The summed E-state index contributed by atoms with van der Waals surface area (Å²) in [5.74, 6) is 2.08. The summed E-state index contributed by atoms with van der Waals surface area (Å²) in [4.78, 5) is 0. The molecule has 0 bridgehead atoms. The standard InChI is InChI=1S/C12H10N4O2S/c1-8-13-16-12(17-8)19-7-10-14-15-11(18-10)9-5-3-2-4-6-9/h2-6H,7H2,1H3. The zero-order valence-electron chi connectivity index (χ0n) is 10.1. The Morgan fingerprint density at radius 2 is 1.84 bits per heavy atom. The van der Waals surface area contributed by atoms with E-state index >= 15 is 0 Å². The van der Waals surface area contributed by atoms with Crippen LogP contribution in [0.3, 0.4) is 0 Å². The fourth-order valence-corrected chi connectivity index (χ4v) is 2.11. The van der Waals surface area contributed by atoms with E-state index in [1.807, 2.05) is 30.3 Å². The molecule has 0 saturated heterocycles. The second-order valence-corrected chi connectivity index (χ2v) is 4.67. The number of aromatic nitrogens is 4. The monoisotopic (exact) mass is 274 g/mol. The molecule has 2 heterocycles. The molecule has 1 aromatic carbocycles. The highest BCUT2D eigenvalue weighted by Gasteiger charge is 2.10. The van der Waals surface area contributed by atoms with Crippen LogP contribution in [0, 0.1) is 6.92 Å². The Hall–Kier alpha value is -2.15. The molecule has 0 fully saturated rings. The van der Waals surface area contributed by atoms with Crippen LogP contribution in [-0.4, -0.2) is 20.4 Å². The molecule has 3 aromatic rings. The molecule has 96 valence electrons. The van der Waals surface area contributed by atoms with Gasteiger partial charge < -0.3 is 8.83 Å². The van der Waals surface area contributed by atoms with E-state index in [0.29, 0.717) is 28.6 Å². The Morgan fingerprint density at radius 3 is 2.58 bits per heavy atom. The molecule has 3 rings (SSSR count). The minimum Gasteiger partial charge on any atom is -0.420 e. The van der Waals surface area contributed by atoms with Crippen molar-refractivity contribution in [2.24, 2.45) is 0 Å². The third-order valence-electron chi connectivity index (χ3n) is 2.31. The SMILES string of the molecule is Cc1nnc(SCc2nnc(-c3ccccc3)o2)o1. The van der Waals surface area contributed by atoms with Gasteiger partial charge in [-0.05, 0) is 12.1 Å². The van der Waals surface area contributed by atoms with Crippen LogP contribution in [0.4, 0.5) is 0 Å². The molecule has 7 heteroatoms. The summed E-state index contributed by atoms with van der Waals surface area (Å²) >= 11 is 1.37. The number of rotatable bonds is 4. The van der Waals surface area contributed by atoms with E-state index in [2.05, 4.69) is 20.4 Å². The summed E-state index contributed by atoms with van der Waals surface area (Å²) in [7, 11) is 0. The highest BCUT2D eigenvalue weighted by atomic mass is 32.2. The maximum atomic E-state index is 5.57. The molecule has 0 spiro atoms. The van der Waals surface area contributed by atoms with Gasteiger partial charge in [-0.2, -0.15) is 0 Å². The predicted octanol–water partition coefficient (Wildman–Crippen LogP) is 2.72. The van der Waals surface area contributed by atoms with Gasteiger partial charge in [-0.1, -0.05) is 30.0 Å². The lowest BCUT2D eigenvalue weighted by atomic mass is 10.2. The van der Waals surface area contributed by atoms with Gasteiger partial charge in [0.15, 0.2) is 0 Å². The first-order valence-corrected chi connectivity index (χ1v) is 6.60. The number of hydrogen-bond donors (Lipinski definition) is 0. The summed E-state index contributed by atoms with van der Waals surface area (Å²) in [6.07, 6.45) is 0. The molecule has 0 amide bonds. The molecule has 0 aliphatic heterocycles. The van der Waals surface area contributed by atoms with Crippen LogP contribution in [0.1, 0.15) is 11.8 Å². The third kappa shape index (κ3) is 2.82. The Bertz CT molecular complexity index is 665. The van der Waals surface area contributed by atoms with Crippen LogP contribution in [-0.2, 0) is 5.75 Å². The summed E-state index contributed by atoms with van der Waals surface area (Å²) in [6.45, 7) is 1.75. The highest BCUT2D eigenvalue weighted by Crippen LogP contribution is 2.23. The van der Waals surface area contributed by atoms with Crippen LogP contribution >= 0.6 is 11.8 Å². The fraction of sp³-hybridized carbons (Fsp3) is 0.167. The molecule has 0 aliphatic rings. The Kier molecular flexibility index (Phi) is 3.28. The van der Waals surface area contributed by atoms with Crippen molar-refractivity contribution in [2.45, 2.75) is 17.9 Å². The molecule has 19 heavy (non-hydrogen) atoms. The van der Waals surface area contributed by atoms with E-state index in [0.717, 1.165) is 5.56 Å². The van der Waals surface area contributed by atoms with Crippen molar-refractivity contribution < 1.29 is 8.83 Å². The normalized spacial score (nSPS) is 10.8. The van der Waals surface area contributed by atoms with Crippen LogP contribution in [0.15, 0.2) is 44.4 Å². The van der Waals surface area contributed by atoms with E-state index in [1.54, 1.807) is 6.92 Å². The summed E-state index contributed by atoms with van der Waals surface area (Å²) in [5.41, 5.74) is 0.903. The molecule has 0 unspecified atom stereocenters. The van der Waals surface area contributed by atoms with Crippen molar-refractivity contribution in [3.05, 3.63) is 42.1 Å². The first-order valence-electron chi connectivity index (χ1n) is 5.62. The zero-order chi connectivity index (χ0) is 13.1. The van der Waals surface area contributed by atoms with E-state index in [1.165, 1.54) is 11.8 Å². The van der Waals surface area contributed by atoms with Crippen molar-refractivity contribution in [1.29, 1.82) is 0 Å². The largest absolute Gasteiger partial charge is 0.420 e. The first-order chi connectivity index (χ1) is 9.31. The topological polar surface area (TPSA) is 77.8 Å². The zero-order valence-corrected chi connectivity index (χ0v) is 10.9. The van der Waals surface area contributed by atoms with Crippen LogP contribution in [0.2, 0.25) is 0 Å². The fourth-order valence-electron chi connectivity index (χ4n) is 1.47. The lowest BCUT2D eigenvalue weighted by Gasteiger charge is -1.92. The lowest BCUT2D eigenvalue weighted by Crippen LogP contribution is -1.80. The van der Waals surface area contributed by atoms with Crippen LogP contribution < -0.4 is 0 Å². The molecule has 6 nitrogen and oxygen atoms in total. The lowest BCUT2D eigenvalue weighted by molar-refractivity contribution is 0.428. The Labute approximate surface area is 113 Å². The molecule has 0 radical (unpaired) electrons. The second kappa shape index (κ2) is 5.23. The van der Waals surface area contributed by atoms with Crippen molar-refractivity contribution >= 4 is 11.8 Å². The molecule has 0 saturated carbocycles. The minimum absolute atomic E-state index is 0.497. The number of benzene rings is 1. The maximum absolute atomic E-state index is 5.57. The first kappa shape index (κ1) is 11.9. The van der Waals surface area contributed by atoms with Crippen molar-refractivity contribution in [3.8, 4) is 11.5 Å². The van der Waals surface area contributed by atoms with E-state index < -0.39 is 0 Å². The van der Waals surface area contributed by atoms with E-state index in [-0.39, 0.29) is 0 Å². The van der Waals surface area contributed by atoms with Crippen molar-refractivity contribution in [1.82, 2.24) is 20.4 Å². The number of nitrogens with zero attached hydrogens (tertiary/aromatic N) is 4. The van der Waals surface area contributed by atoms with Crippen LogP contribution in [0.25, 0.3) is 11.5 Å². The van der Waals surface area contributed by atoms with Gasteiger partial charge in [-0.3, -0.25) is 0 Å². The molecule has 2 aromatic heterocycles. The average Bonchev–Trinajstić information content (AvgIpc) is 3.06. The van der Waals surface area contributed by atoms with Gasteiger partial charge in [-0.25, -0.2) is 0 Å². The number of thioether (sulfide) groups is 1. The maximum Gasteiger partial charge on any atom is 0.277 e. The van der Waals surface area contributed by atoms with Crippen molar-refractivity contribution in [3.63, 3.8) is 0 Å². The molecular formula is C12H10N4O2S. The highest BCUT2D eigenvalue weighted by molar-refractivity contribution is 7.98. The van der Waals surface area contributed by atoms with E-state index in [4.69, 9.17) is 8.83 Å². The smallest absolute Gasteiger partial charge is 0.277 e. The van der Waals surface area contributed by atoms with Crippen molar-refractivity contribution in [2.75, 3.05) is 0 Å². The van der Waals surface area contributed by atoms with Crippen LogP contribution in [0.5, 0.6) is 0 Å². The van der Waals surface area contributed by atoms with Gasteiger partial charge in [0.25, 0.3) is 5.22 Å². The minimum atomic E-state index is 0.497. The summed E-state index contributed by atoms with van der Waals surface area (Å²) < 4.78 is 10.8. The Balaban J connectivity index is 1.68. The van der Waals surface area contributed by atoms with E-state index in [9.17, 15) is 0 Å². The van der Waals surface area contributed by atoms with Gasteiger partial charge in [0.1, 0.15) is 0 Å². The molecule has 0 aliphatic carbocycles. The third-order valence-corrected chi connectivity index (χ3v) is 3.12. The average molecular weight is 274 g/mol. The van der Waals surface area contributed by atoms with Gasteiger partial charge in [0, 0.05) is 12.5 Å². The Morgan fingerprint density at radius 1 is 1.00 bits per heavy atom. The van der Waals surface area contributed by atoms with Gasteiger partial charge in [-0.15, -0.1) is 20.4 Å². The molecular weight excluding hydrogens is 264 g/mol. The van der Waals surface area contributed by atoms with Gasteiger partial charge in [0.2, 0.25) is 17.7 Å². The predicted molar refractivity (Wildman–Crippen MR) is 68.3 cm³/mol. The molecule has 0 atom stereocenters. The second-order valence-electron chi connectivity index (χ2n) is 3.74. The van der Waals surface area contributed by atoms with Gasteiger partial charge >= 0.3 is 0 Å². The summed E-state index contributed by atoms with van der Waals surface area (Å²) in [6, 6.07) is 9.64. The quantitative estimate of drug-likeness (QED) is 0.677. The molecule has 0 N–H and O–H groups in total. The number of hydrogen-bond acceptors (Lipinski definition) is 7. The number of aryl methyl sites for hydroxylation is 1. The van der Waals surface area contributed by atoms with Gasteiger partial charge in [0.05, 0.1) is 5.75 Å². The summed E-state index contributed by atoms with van der Waals surface area (Å²) in [5, 5.41) is 16.1.